The van der Waals surface area contributed by atoms with Gasteiger partial charge in [-0.05, 0) is 38.0 Å². The van der Waals surface area contributed by atoms with Crippen LogP contribution in [0.2, 0.25) is 0 Å². The number of rotatable bonds is 10. The number of carbonyl (C=O) groups excluding carboxylic acids is 2. The zero-order valence-corrected chi connectivity index (χ0v) is 19.0. The van der Waals surface area contributed by atoms with E-state index in [2.05, 4.69) is 5.32 Å². The summed E-state index contributed by atoms with van der Waals surface area (Å²) >= 11 is 0. The normalized spacial score (nSPS) is 12.2. The van der Waals surface area contributed by atoms with Gasteiger partial charge in [-0.3, -0.25) is 13.9 Å². The van der Waals surface area contributed by atoms with Crippen LogP contribution in [0.15, 0.2) is 48.5 Å². The maximum Gasteiger partial charge on any atom is 0.244 e. The summed E-state index contributed by atoms with van der Waals surface area (Å²) in [5, 5.41) is 2.65. The van der Waals surface area contributed by atoms with Gasteiger partial charge < -0.3 is 10.2 Å². The maximum atomic E-state index is 13.7. The minimum atomic E-state index is -4.00. The predicted octanol–water partition coefficient (Wildman–Crippen LogP) is 2.33. The zero-order chi connectivity index (χ0) is 23.9. The van der Waals surface area contributed by atoms with Gasteiger partial charge in [0.25, 0.3) is 0 Å². The molecule has 2 rings (SSSR count). The lowest BCUT2D eigenvalue weighted by Gasteiger charge is -2.31. The fourth-order valence-corrected chi connectivity index (χ4v) is 3.99. The number of likely N-dealkylation sites (N-methyl/N-ethyl adjacent to an activating group) is 1. The summed E-state index contributed by atoms with van der Waals surface area (Å²) in [4.78, 5) is 26.9. The molecule has 0 radical (unpaired) electrons. The molecule has 0 aliphatic rings. The van der Waals surface area contributed by atoms with Crippen LogP contribution in [-0.4, -0.2) is 57.1 Å². The third-order valence-electron chi connectivity index (χ3n) is 4.87. The monoisotopic (exact) mass is 467 g/mol. The minimum absolute atomic E-state index is 0.163. The Morgan fingerprint density at radius 2 is 1.72 bits per heavy atom. The number of sulfonamides is 1. The lowest BCUT2D eigenvalue weighted by Crippen LogP contribution is -2.52. The van der Waals surface area contributed by atoms with Crippen LogP contribution >= 0.6 is 0 Å². The summed E-state index contributed by atoms with van der Waals surface area (Å²) in [5.41, 5.74) is 0.752. The van der Waals surface area contributed by atoms with Gasteiger partial charge in [-0.15, -0.1) is 0 Å². The van der Waals surface area contributed by atoms with E-state index in [-0.39, 0.29) is 18.1 Å². The quantitative estimate of drug-likeness (QED) is 0.581. The first-order chi connectivity index (χ1) is 15.0. The Kier molecular flexibility index (Phi) is 8.71. The number of hydrogen-bond donors (Lipinski definition) is 1. The molecule has 2 aromatic carbocycles. The van der Waals surface area contributed by atoms with Crippen LogP contribution in [0, 0.1) is 11.6 Å². The van der Waals surface area contributed by atoms with Crippen LogP contribution in [0.3, 0.4) is 0 Å². The van der Waals surface area contributed by atoms with Crippen molar-refractivity contribution in [3.63, 3.8) is 0 Å². The molecule has 10 heteroatoms. The number of hydrogen-bond acceptors (Lipinski definition) is 4. The van der Waals surface area contributed by atoms with E-state index in [0.29, 0.717) is 23.3 Å². The fraction of sp³-hybridized carbons (Fsp3) is 0.364. The summed E-state index contributed by atoms with van der Waals surface area (Å²) in [5.74, 6) is -3.40. The van der Waals surface area contributed by atoms with Gasteiger partial charge in [0, 0.05) is 19.2 Å². The first kappa shape index (κ1) is 25.3. The smallest absolute Gasteiger partial charge is 0.244 e. The molecule has 0 saturated carbocycles. The SMILES string of the molecule is CCNC(=O)[C@H](C)N(CCc1ccccc1)C(=O)CN(c1ccc(F)c(F)c1)S(C)(=O)=O. The van der Waals surface area contributed by atoms with Crippen LogP contribution in [0.25, 0.3) is 0 Å². The van der Waals surface area contributed by atoms with Crippen molar-refractivity contribution in [1.82, 2.24) is 10.2 Å². The van der Waals surface area contributed by atoms with E-state index >= 15 is 0 Å². The van der Waals surface area contributed by atoms with Gasteiger partial charge in [0.2, 0.25) is 21.8 Å². The van der Waals surface area contributed by atoms with Crippen molar-refractivity contribution in [2.75, 3.05) is 30.2 Å². The second-order valence-corrected chi connectivity index (χ2v) is 9.17. The van der Waals surface area contributed by atoms with E-state index in [9.17, 15) is 26.8 Å². The molecule has 7 nitrogen and oxygen atoms in total. The van der Waals surface area contributed by atoms with Crippen molar-refractivity contribution in [3.05, 3.63) is 65.7 Å². The molecule has 0 saturated heterocycles. The third kappa shape index (κ3) is 6.74. The van der Waals surface area contributed by atoms with E-state index in [4.69, 9.17) is 0 Å². The first-order valence-electron chi connectivity index (χ1n) is 10.1. The Morgan fingerprint density at radius 3 is 2.28 bits per heavy atom. The molecule has 0 fully saturated rings. The number of anilines is 1. The van der Waals surface area contributed by atoms with Crippen molar-refractivity contribution in [3.8, 4) is 0 Å². The number of amides is 2. The Hall–Kier alpha value is -3.01. The standard InChI is InChI=1S/C22H27F2N3O4S/c1-4-25-22(29)16(2)26(13-12-17-8-6-5-7-9-17)21(28)15-27(32(3,30)31)18-10-11-19(23)20(24)14-18/h5-11,14,16H,4,12-13,15H2,1-3H3,(H,25,29)/t16-/m0/s1. The molecule has 1 N–H and O–H groups in total. The van der Waals surface area contributed by atoms with E-state index in [1.165, 1.54) is 4.90 Å². The van der Waals surface area contributed by atoms with Crippen LogP contribution in [0.4, 0.5) is 14.5 Å². The molecular weight excluding hydrogens is 440 g/mol. The highest BCUT2D eigenvalue weighted by molar-refractivity contribution is 7.92. The molecule has 0 spiro atoms. The first-order valence-corrected chi connectivity index (χ1v) is 11.9. The second kappa shape index (κ2) is 11.0. The highest BCUT2D eigenvalue weighted by Crippen LogP contribution is 2.21. The molecule has 0 unspecified atom stereocenters. The van der Waals surface area contributed by atoms with Gasteiger partial charge >= 0.3 is 0 Å². The average molecular weight is 468 g/mol. The second-order valence-electron chi connectivity index (χ2n) is 7.26. The molecule has 0 aliphatic heterocycles. The average Bonchev–Trinajstić information content (AvgIpc) is 2.74. The predicted molar refractivity (Wildman–Crippen MR) is 119 cm³/mol. The van der Waals surface area contributed by atoms with Crippen LogP contribution in [0.1, 0.15) is 19.4 Å². The minimum Gasteiger partial charge on any atom is -0.355 e. The number of nitrogens with zero attached hydrogens (tertiary/aromatic N) is 2. The summed E-state index contributed by atoms with van der Waals surface area (Å²) in [6, 6.07) is 11.0. The van der Waals surface area contributed by atoms with Crippen molar-refractivity contribution < 1.29 is 26.8 Å². The van der Waals surface area contributed by atoms with Crippen molar-refractivity contribution >= 4 is 27.5 Å². The topological polar surface area (TPSA) is 86.8 Å². The zero-order valence-electron chi connectivity index (χ0n) is 18.2. The highest BCUT2D eigenvalue weighted by atomic mass is 32.2. The molecule has 1 atom stereocenters. The molecule has 0 heterocycles. The summed E-state index contributed by atoms with van der Waals surface area (Å²) < 4.78 is 52.4. The summed E-state index contributed by atoms with van der Waals surface area (Å²) in [6.07, 6.45) is 1.31. The third-order valence-corrected chi connectivity index (χ3v) is 6.01. The van der Waals surface area contributed by atoms with Crippen LogP contribution in [-0.2, 0) is 26.0 Å². The van der Waals surface area contributed by atoms with Crippen LogP contribution < -0.4 is 9.62 Å². The molecule has 0 aliphatic carbocycles. The molecule has 32 heavy (non-hydrogen) atoms. The van der Waals surface area contributed by atoms with Gasteiger partial charge in [0.15, 0.2) is 11.6 Å². The van der Waals surface area contributed by atoms with E-state index in [0.717, 1.165) is 24.0 Å². The Labute approximate surface area is 187 Å². The molecule has 174 valence electrons. The highest BCUT2D eigenvalue weighted by Gasteiger charge is 2.29. The van der Waals surface area contributed by atoms with Gasteiger partial charge in [0.05, 0.1) is 11.9 Å². The van der Waals surface area contributed by atoms with E-state index in [1.54, 1.807) is 13.8 Å². The van der Waals surface area contributed by atoms with Gasteiger partial charge in [-0.1, -0.05) is 30.3 Å². The fourth-order valence-electron chi connectivity index (χ4n) is 3.15. The molecule has 2 amide bonds. The Morgan fingerprint density at radius 1 is 1.06 bits per heavy atom. The number of benzene rings is 2. The van der Waals surface area contributed by atoms with Crippen LogP contribution in [0.5, 0.6) is 0 Å². The van der Waals surface area contributed by atoms with Crippen molar-refractivity contribution in [2.24, 2.45) is 0 Å². The Balaban J connectivity index is 2.31. The number of carbonyl (C=O) groups is 2. The molecule has 2 aromatic rings. The van der Waals surface area contributed by atoms with Crippen molar-refractivity contribution in [2.45, 2.75) is 26.3 Å². The van der Waals surface area contributed by atoms with E-state index < -0.39 is 40.2 Å². The van der Waals surface area contributed by atoms with Crippen molar-refractivity contribution in [1.29, 1.82) is 0 Å². The summed E-state index contributed by atoms with van der Waals surface area (Å²) in [6.45, 7) is 3.17. The molecule has 0 bridgehead atoms. The number of nitrogens with one attached hydrogen (secondary N) is 1. The summed E-state index contributed by atoms with van der Waals surface area (Å²) in [7, 11) is -4.00. The lowest BCUT2D eigenvalue weighted by molar-refractivity contribution is -0.138. The lowest BCUT2D eigenvalue weighted by atomic mass is 10.1. The van der Waals surface area contributed by atoms with E-state index in [1.807, 2.05) is 30.3 Å². The van der Waals surface area contributed by atoms with Gasteiger partial charge in [-0.2, -0.15) is 0 Å². The maximum absolute atomic E-state index is 13.7. The van der Waals surface area contributed by atoms with Gasteiger partial charge in [0.1, 0.15) is 12.6 Å². The molecular formula is C22H27F2N3O4S. The Bertz CT molecular complexity index is 1050. The largest absolute Gasteiger partial charge is 0.355 e. The van der Waals surface area contributed by atoms with Gasteiger partial charge in [-0.25, -0.2) is 17.2 Å². The number of halogens is 2. The molecule has 0 aromatic heterocycles.